The molecule has 1 aromatic rings. The summed E-state index contributed by atoms with van der Waals surface area (Å²) in [6.45, 7) is 1.87. The molecular formula is C7H7ClLiNO2S. The van der Waals surface area contributed by atoms with Crippen LogP contribution >= 0.6 is 11.8 Å². The van der Waals surface area contributed by atoms with Crippen LogP contribution in [-0.4, -0.2) is 8.42 Å². The zero-order chi connectivity index (χ0) is 9.19. The fraction of sp³-hybridized carbons (Fsp3) is 0.143. The van der Waals surface area contributed by atoms with Crippen LogP contribution in [0.5, 0.6) is 0 Å². The first kappa shape index (κ1) is 13.0. The van der Waals surface area contributed by atoms with Crippen LogP contribution in [0.4, 0.5) is 0 Å². The van der Waals surface area contributed by atoms with Gasteiger partial charge in [0.1, 0.15) is 10.0 Å². The van der Waals surface area contributed by atoms with Gasteiger partial charge in [-0.05, 0) is 19.1 Å². The Hall–Kier alpha value is 0.0174. The van der Waals surface area contributed by atoms with Crippen LogP contribution in [0.1, 0.15) is 5.56 Å². The molecule has 1 rings (SSSR count). The topological polar surface area (TPSA) is 48.2 Å². The Labute approximate surface area is 94.8 Å². The number of benzene rings is 1. The Morgan fingerprint density at radius 2 is 1.69 bits per heavy atom. The molecule has 0 bridgehead atoms. The van der Waals surface area contributed by atoms with E-state index >= 15 is 0 Å². The third kappa shape index (κ3) is 3.33. The van der Waals surface area contributed by atoms with E-state index in [2.05, 4.69) is 4.24 Å². The van der Waals surface area contributed by atoms with Gasteiger partial charge in [-0.15, -0.1) is 0 Å². The Kier molecular flexibility index (Phi) is 5.04. The molecule has 0 amide bonds. The van der Waals surface area contributed by atoms with Gasteiger partial charge >= 0.3 is 18.9 Å². The summed E-state index contributed by atoms with van der Waals surface area (Å²) in [5, 5.41) is 0. The molecule has 0 atom stereocenters. The molecule has 0 unspecified atom stereocenters. The number of nitrogens with zero attached hydrogens (tertiary/aromatic N) is 1. The molecule has 0 spiro atoms. The molecule has 0 saturated carbocycles. The molecule has 0 radical (unpaired) electrons. The van der Waals surface area contributed by atoms with Crippen LogP contribution in [0, 0.1) is 6.92 Å². The second-order valence-corrected chi connectivity index (χ2v) is 4.33. The van der Waals surface area contributed by atoms with Crippen molar-refractivity contribution in [1.29, 1.82) is 0 Å². The summed E-state index contributed by atoms with van der Waals surface area (Å²) >= 11 is 4.90. The van der Waals surface area contributed by atoms with Crippen molar-refractivity contribution in [3.05, 3.63) is 34.1 Å². The number of hydrogen-bond acceptors (Lipinski definition) is 2. The first-order chi connectivity index (χ1) is 5.56. The van der Waals surface area contributed by atoms with E-state index < -0.39 is 10.0 Å². The molecule has 13 heavy (non-hydrogen) atoms. The maximum atomic E-state index is 11.0. The van der Waals surface area contributed by atoms with Crippen LogP contribution in [0.3, 0.4) is 0 Å². The number of sulfonamides is 1. The van der Waals surface area contributed by atoms with Crippen LogP contribution in [0.25, 0.3) is 4.24 Å². The van der Waals surface area contributed by atoms with Crippen molar-refractivity contribution < 1.29 is 27.3 Å². The van der Waals surface area contributed by atoms with Gasteiger partial charge in [0.05, 0.1) is 0 Å². The molecule has 66 valence electrons. The predicted octanol–water partition coefficient (Wildman–Crippen LogP) is -0.785. The summed E-state index contributed by atoms with van der Waals surface area (Å²) in [4.78, 5) is 0.114. The monoisotopic (exact) mass is 211 g/mol. The standard InChI is InChI=1S/C7H7ClNO2S.Li/c1-6-2-4-7(5-3-6)12(10,11)9-8;/h2-5H,1H3;/q-1;+1. The van der Waals surface area contributed by atoms with E-state index in [4.69, 9.17) is 11.8 Å². The van der Waals surface area contributed by atoms with Gasteiger partial charge in [0, 0.05) is 4.90 Å². The maximum Gasteiger partial charge on any atom is 1.00 e. The van der Waals surface area contributed by atoms with Gasteiger partial charge in [-0.1, -0.05) is 17.7 Å². The van der Waals surface area contributed by atoms with E-state index in [0.29, 0.717) is 0 Å². The number of aryl methyl sites for hydroxylation is 1. The fourth-order valence-electron chi connectivity index (χ4n) is 0.750. The maximum absolute atomic E-state index is 11.0. The van der Waals surface area contributed by atoms with Gasteiger partial charge in [-0.25, -0.2) is 8.42 Å². The van der Waals surface area contributed by atoms with Crippen LogP contribution in [0.15, 0.2) is 29.2 Å². The Balaban J connectivity index is 0.00000144. The van der Waals surface area contributed by atoms with E-state index in [1.54, 1.807) is 12.1 Å². The molecule has 6 heteroatoms. The minimum absolute atomic E-state index is 0. The number of rotatable bonds is 2. The quantitative estimate of drug-likeness (QED) is 0.603. The van der Waals surface area contributed by atoms with Gasteiger partial charge in [-0.2, -0.15) is 0 Å². The molecule has 0 fully saturated rings. The minimum atomic E-state index is -3.62. The van der Waals surface area contributed by atoms with Gasteiger partial charge in [0.15, 0.2) is 0 Å². The molecule has 0 N–H and O–H groups in total. The molecule has 0 aliphatic rings. The molecule has 3 nitrogen and oxygen atoms in total. The first-order valence-corrected chi connectivity index (χ1v) is 4.99. The van der Waals surface area contributed by atoms with Crippen molar-refractivity contribution in [2.75, 3.05) is 0 Å². The van der Waals surface area contributed by atoms with E-state index in [1.807, 2.05) is 6.92 Å². The van der Waals surface area contributed by atoms with E-state index in [1.165, 1.54) is 12.1 Å². The minimum Gasteiger partial charge on any atom is -0.458 e. The zero-order valence-electron chi connectivity index (χ0n) is 7.36. The second kappa shape index (κ2) is 5.04. The van der Waals surface area contributed by atoms with Crippen LogP contribution in [0.2, 0.25) is 0 Å². The summed E-state index contributed by atoms with van der Waals surface area (Å²) in [5.41, 5.74) is 0.989. The molecular weight excluding hydrogens is 205 g/mol. The second-order valence-electron chi connectivity index (χ2n) is 2.36. The van der Waals surface area contributed by atoms with Gasteiger partial charge in [-0.3, -0.25) is 11.8 Å². The van der Waals surface area contributed by atoms with Gasteiger partial charge in [0.2, 0.25) is 0 Å². The average Bonchev–Trinajstić information content (AvgIpc) is 2.05. The molecule has 0 aliphatic heterocycles. The van der Waals surface area contributed by atoms with Crippen molar-refractivity contribution in [2.24, 2.45) is 0 Å². The van der Waals surface area contributed by atoms with Crippen molar-refractivity contribution in [3.63, 3.8) is 0 Å². The van der Waals surface area contributed by atoms with E-state index in [-0.39, 0.29) is 23.8 Å². The first-order valence-electron chi connectivity index (χ1n) is 3.21. The van der Waals surface area contributed by atoms with Crippen molar-refractivity contribution in [3.8, 4) is 0 Å². The fourth-order valence-corrected chi connectivity index (χ4v) is 1.55. The molecule has 0 aliphatic carbocycles. The summed E-state index contributed by atoms with van der Waals surface area (Å²) < 4.78 is 24.8. The van der Waals surface area contributed by atoms with E-state index in [0.717, 1.165) is 5.56 Å². The molecule has 0 saturated heterocycles. The Bertz CT molecular complexity index is 363. The third-order valence-corrected chi connectivity index (χ3v) is 3.00. The van der Waals surface area contributed by atoms with Gasteiger partial charge < -0.3 is 4.24 Å². The summed E-state index contributed by atoms with van der Waals surface area (Å²) in [6, 6.07) is 6.32. The molecule has 1 aromatic carbocycles. The smallest absolute Gasteiger partial charge is 0.458 e. The van der Waals surface area contributed by atoms with Crippen molar-refractivity contribution >= 4 is 21.8 Å². The van der Waals surface area contributed by atoms with Gasteiger partial charge in [0.25, 0.3) is 0 Å². The summed E-state index contributed by atoms with van der Waals surface area (Å²) in [7, 11) is -3.62. The van der Waals surface area contributed by atoms with Crippen LogP contribution in [-0.2, 0) is 10.0 Å². The largest absolute Gasteiger partial charge is 1.00 e. The SMILES string of the molecule is Cc1ccc(S(=O)(=O)[N-]Cl)cc1.[Li+]. The Morgan fingerprint density at radius 1 is 1.23 bits per heavy atom. The predicted molar refractivity (Wildman–Crippen MR) is 47.6 cm³/mol. The van der Waals surface area contributed by atoms with Crippen molar-refractivity contribution in [2.45, 2.75) is 11.8 Å². The average molecular weight is 212 g/mol. The summed E-state index contributed by atoms with van der Waals surface area (Å²) in [6.07, 6.45) is 0. The van der Waals surface area contributed by atoms with E-state index in [9.17, 15) is 8.42 Å². The number of hydrogen-bond donors (Lipinski definition) is 0. The zero-order valence-corrected chi connectivity index (χ0v) is 8.93. The van der Waals surface area contributed by atoms with Crippen molar-refractivity contribution in [1.82, 2.24) is 0 Å². The molecule has 0 aromatic heterocycles. The Morgan fingerprint density at radius 3 is 2.08 bits per heavy atom. The number of halogens is 1. The van der Waals surface area contributed by atoms with Crippen LogP contribution < -0.4 is 18.9 Å². The normalized spacial score (nSPS) is 10.6. The molecule has 0 heterocycles. The summed E-state index contributed by atoms with van der Waals surface area (Å²) in [5.74, 6) is 0. The third-order valence-electron chi connectivity index (χ3n) is 1.41.